The zero-order valence-corrected chi connectivity index (χ0v) is 18.4. The second kappa shape index (κ2) is 11.3. The lowest BCUT2D eigenvalue weighted by Crippen LogP contribution is -2.12. The van der Waals surface area contributed by atoms with Crippen LogP contribution in [0.1, 0.15) is 38.2 Å². The van der Waals surface area contributed by atoms with E-state index in [1.165, 1.54) is 24.3 Å². The predicted octanol–water partition coefficient (Wildman–Crippen LogP) is 6.85. The molecule has 8 nitrogen and oxygen atoms in total. The summed E-state index contributed by atoms with van der Waals surface area (Å²) in [5.74, 6) is -0.00645. The maximum absolute atomic E-state index is 13.5. The van der Waals surface area contributed by atoms with Gasteiger partial charge in [-0.25, -0.2) is 4.98 Å². The Morgan fingerprint density at radius 2 is 1.79 bits per heavy atom. The van der Waals surface area contributed by atoms with Crippen molar-refractivity contribution in [2.45, 2.75) is 38.8 Å². The topological polar surface area (TPSA) is 102 Å². The van der Waals surface area contributed by atoms with Crippen molar-refractivity contribution < 1.29 is 22.8 Å². The Balaban J connectivity index is 1.78. The number of alkyl halides is 3. The molecule has 0 unspecified atom stereocenters. The maximum atomic E-state index is 13.5. The van der Waals surface area contributed by atoms with Gasteiger partial charge in [0, 0.05) is 35.8 Å². The highest BCUT2D eigenvalue weighted by Crippen LogP contribution is 2.35. The number of hydrogen-bond donors (Lipinski definition) is 2. The first kappa shape index (κ1) is 24.7. The van der Waals surface area contributed by atoms with E-state index in [2.05, 4.69) is 27.5 Å². The van der Waals surface area contributed by atoms with Crippen LogP contribution in [0.25, 0.3) is 0 Å². The molecule has 1 aromatic heterocycles. The summed E-state index contributed by atoms with van der Waals surface area (Å²) >= 11 is 0. The molecule has 0 saturated carbocycles. The number of nitrogens with zero attached hydrogens (tertiary/aromatic N) is 3. The van der Waals surface area contributed by atoms with Gasteiger partial charge in [-0.3, -0.25) is 10.1 Å². The number of ether oxygens (including phenoxy) is 1. The van der Waals surface area contributed by atoms with E-state index in [4.69, 9.17) is 4.74 Å². The molecule has 0 radical (unpaired) electrons. The Morgan fingerprint density at radius 3 is 2.47 bits per heavy atom. The molecule has 0 spiro atoms. The van der Waals surface area contributed by atoms with E-state index in [0.29, 0.717) is 29.9 Å². The van der Waals surface area contributed by atoms with Crippen LogP contribution in [0.4, 0.5) is 42.0 Å². The molecule has 0 aliphatic rings. The quantitative estimate of drug-likeness (QED) is 0.178. The number of anilines is 4. The number of unbranched alkanes of at least 4 members (excludes halogenated alkanes) is 3. The van der Waals surface area contributed by atoms with Crippen LogP contribution < -0.4 is 15.4 Å². The van der Waals surface area contributed by atoms with Crippen LogP contribution >= 0.6 is 0 Å². The molecule has 0 atom stereocenters. The molecule has 0 fully saturated rings. The van der Waals surface area contributed by atoms with Crippen molar-refractivity contribution in [2.24, 2.45) is 0 Å². The molecule has 2 N–H and O–H groups in total. The van der Waals surface area contributed by atoms with Gasteiger partial charge in [-0.2, -0.15) is 18.2 Å². The highest BCUT2D eigenvalue weighted by atomic mass is 19.4. The van der Waals surface area contributed by atoms with Crippen molar-refractivity contribution in [3.05, 3.63) is 70.4 Å². The molecule has 0 aliphatic carbocycles. The van der Waals surface area contributed by atoms with Gasteiger partial charge in [0.15, 0.2) is 0 Å². The van der Waals surface area contributed by atoms with Crippen LogP contribution in [-0.2, 0) is 6.18 Å². The Hall–Kier alpha value is -3.89. The van der Waals surface area contributed by atoms with Crippen molar-refractivity contribution in [2.75, 3.05) is 17.2 Å². The number of nitro groups is 1. The number of nitro benzene ring substituents is 1. The molecule has 2 aromatic carbocycles. The van der Waals surface area contributed by atoms with Crippen molar-refractivity contribution in [3.8, 4) is 5.75 Å². The van der Waals surface area contributed by atoms with E-state index in [1.807, 2.05) is 0 Å². The average Bonchev–Trinajstić information content (AvgIpc) is 2.79. The van der Waals surface area contributed by atoms with Gasteiger partial charge in [-0.05, 0) is 30.7 Å². The van der Waals surface area contributed by atoms with Crippen molar-refractivity contribution in [1.82, 2.24) is 9.97 Å². The molecule has 0 aliphatic heterocycles. The highest BCUT2D eigenvalue weighted by Gasteiger charge is 2.35. The highest BCUT2D eigenvalue weighted by molar-refractivity contribution is 5.64. The number of aromatic nitrogens is 2. The largest absolute Gasteiger partial charge is 0.494 e. The summed E-state index contributed by atoms with van der Waals surface area (Å²) in [5.41, 5.74) is -0.396. The summed E-state index contributed by atoms with van der Waals surface area (Å²) in [5, 5.41) is 16.2. The summed E-state index contributed by atoms with van der Waals surface area (Å²) in [6.07, 6.45) is 0.178. The van der Waals surface area contributed by atoms with Crippen LogP contribution in [-0.4, -0.2) is 21.5 Å². The van der Waals surface area contributed by atoms with Gasteiger partial charge in [0.1, 0.15) is 17.1 Å². The number of rotatable bonds is 11. The van der Waals surface area contributed by atoms with E-state index in [0.717, 1.165) is 25.7 Å². The standard InChI is InChI=1S/C23H24F3N5O3/c1-2-3-4-5-13-34-19-8-6-7-17(14-19)28-21-20(23(24,25)26)15-27-22(30-21)29-16-9-11-18(12-10-16)31(32)33/h6-12,14-15H,2-5,13H2,1H3,(H2,27,28,29,30). The fraction of sp³-hybridized carbons (Fsp3) is 0.304. The summed E-state index contributed by atoms with van der Waals surface area (Å²) in [6.45, 7) is 2.64. The van der Waals surface area contributed by atoms with Crippen LogP contribution in [0.2, 0.25) is 0 Å². The Morgan fingerprint density at radius 1 is 1.03 bits per heavy atom. The lowest BCUT2D eigenvalue weighted by Gasteiger charge is -2.15. The molecule has 0 bridgehead atoms. The maximum Gasteiger partial charge on any atom is 0.421 e. The summed E-state index contributed by atoms with van der Waals surface area (Å²) in [7, 11) is 0. The minimum absolute atomic E-state index is 0.104. The van der Waals surface area contributed by atoms with Crippen LogP contribution in [0.5, 0.6) is 5.75 Å². The number of halogens is 3. The predicted molar refractivity (Wildman–Crippen MR) is 123 cm³/mol. The van der Waals surface area contributed by atoms with Gasteiger partial charge in [-0.15, -0.1) is 0 Å². The van der Waals surface area contributed by atoms with Crippen LogP contribution in [0.3, 0.4) is 0 Å². The third-order valence-electron chi connectivity index (χ3n) is 4.79. The first-order valence-corrected chi connectivity index (χ1v) is 10.7. The average molecular weight is 475 g/mol. The van der Waals surface area contributed by atoms with E-state index < -0.39 is 22.5 Å². The van der Waals surface area contributed by atoms with Gasteiger partial charge < -0.3 is 15.4 Å². The molecule has 3 aromatic rings. The third kappa shape index (κ3) is 7.06. The normalized spacial score (nSPS) is 11.2. The lowest BCUT2D eigenvalue weighted by molar-refractivity contribution is -0.384. The Kier molecular flexibility index (Phi) is 8.23. The number of nitrogens with one attached hydrogen (secondary N) is 2. The fourth-order valence-electron chi connectivity index (χ4n) is 3.06. The van der Waals surface area contributed by atoms with Gasteiger partial charge in [0.2, 0.25) is 5.95 Å². The van der Waals surface area contributed by atoms with Crippen LogP contribution in [0, 0.1) is 10.1 Å². The molecular formula is C23H24F3N5O3. The van der Waals surface area contributed by atoms with Gasteiger partial charge in [0.25, 0.3) is 5.69 Å². The summed E-state index contributed by atoms with van der Waals surface area (Å²) in [6, 6.07) is 12.0. The van der Waals surface area contributed by atoms with Crippen molar-refractivity contribution >= 4 is 28.8 Å². The van der Waals surface area contributed by atoms with Gasteiger partial charge in [0.05, 0.1) is 11.5 Å². The molecule has 3 rings (SSSR count). The SMILES string of the molecule is CCCCCCOc1cccc(Nc2nc(Nc3ccc([N+](=O)[O-])cc3)ncc2C(F)(F)F)c1. The molecular weight excluding hydrogens is 451 g/mol. The van der Waals surface area contributed by atoms with E-state index >= 15 is 0 Å². The minimum atomic E-state index is -4.68. The molecule has 11 heteroatoms. The number of hydrogen-bond acceptors (Lipinski definition) is 7. The minimum Gasteiger partial charge on any atom is -0.494 e. The second-order valence-electron chi connectivity index (χ2n) is 7.44. The van der Waals surface area contributed by atoms with Gasteiger partial charge >= 0.3 is 6.18 Å². The first-order chi connectivity index (χ1) is 16.3. The van der Waals surface area contributed by atoms with Gasteiger partial charge in [-0.1, -0.05) is 32.3 Å². The third-order valence-corrected chi connectivity index (χ3v) is 4.79. The van der Waals surface area contributed by atoms with E-state index in [1.54, 1.807) is 24.3 Å². The Labute approximate surface area is 194 Å². The fourth-order valence-corrected chi connectivity index (χ4v) is 3.06. The number of benzene rings is 2. The van der Waals surface area contributed by atoms with Crippen molar-refractivity contribution in [3.63, 3.8) is 0 Å². The van der Waals surface area contributed by atoms with E-state index in [9.17, 15) is 23.3 Å². The molecule has 34 heavy (non-hydrogen) atoms. The first-order valence-electron chi connectivity index (χ1n) is 10.7. The molecule has 0 amide bonds. The second-order valence-corrected chi connectivity index (χ2v) is 7.44. The monoisotopic (exact) mass is 475 g/mol. The zero-order valence-electron chi connectivity index (χ0n) is 18.4. The Bertz CT molecular complexity index is 1110. The molecule has 1 heterocycles. The molecule has 0 saturated heterocycles. The number of non-ortho nitro benzene ring substituents is 1. The van der Waals surface area contributed by atoms with Crippen LogP contribution in [0.15, 0.2) is 54.7 Å². The summed E-state index contributed by atoms with van der Waals surface area (Å²) in [4.78, 5) is 18.0. The zero-order chi connectivity index (χ0) is 24.6. The lowest BCUT2D eigenvalue weighted by atomic mass is 10.2. The summed E-state index contributed by atoms with van der Waals surface area (Å²) < 4.78 is 46.3. The smallest absolute Gasteiger partial charge is 0.421 e. The van der Waals surface area contributed by atoms with Crippen molar-refractivity contribution in [1.29, 1.82) is 0 Å². The molecule has 180 valence electrons. The van der Waals surface area contributed by atoms with E-state index in [-0.39, 0.29) is 11.6 Å².